The summed E-state index contributed by atoms with van der Waals surface area (Å²) < 4.78 is 0. The molecule has 2 heterocycles. The van der Waals surface area contributed by atoms with Crippen molar-refractivity contribution in [2.24, 2.45) is 5.41 Å². The Balaban J connectivity index is 1.49. The molecule has 0 spiro atoms. The number of hydrogen-bond acceptors (Lipinski definition) is 4. The zero-order valence-corrected chi connectivity index (χ0v) is 18.0. The SMILES string of the molecule is CC(C)(C)C(=O)N1CCCC1C(=O)NCc1ccc(CN2CCC(O)CC2)cc1. The summed E-state index contributed by atoms with van der Waals surface area (Å²) in [6.45, 7) is 9.60. The van der Waals surface area contributed by atoms with Crippen LogP contribution in [0.4, 0.5) is 0 Å². The number of benzene rings is 1. The fraction of sp³-hybridized carbons (Fsp3) is 0.652. The molecule has 2 saturated heterocycles. The number of amides is 2. The summed E-state index contributed by atoms with van der Waals surface area (Å²) in [5.74, 6) is -0.0132. The van der Waals surface area contributed by atoms with E-state index in [1.807, 2.05) is 20.8 Å². The standard InChI is InChI=1S/C23H35N3O3/c1-23(2,3)22(29)26-12-4-5-20(26)21(28)24-15-17-6-8-18(9-7-17)16-25-13-10-19(27)11-14-25/h6-9,19-20,27H,4-5,10-16H2,1-3H3,(H,24,28). The van der Waals surface area contributed by atoms with E-state index in [4.69, 9.17) is 0 Å². The number of nitrogens with one attached hydrogen (secondary N) is 1. The molecule has 1 unspecified atom stereocenters. The lowest BCUT2D eigenvalue weighted by Gasteiger charge is -2.30. The second-order valence-corrected chi connectivity index (χ2v) is 9.45. The zero-order chi connectivity index (χ0) is 21.0. The number of likely N-dealkylation sites (tertiary alicyclic amines) is 2. The number of nitrogens with zero attached hydrogens (tertiary/aromatic N) is 2. The van der Waals surface area contributed by atoms with Gasteiger partial charge in [-0.3, -0.25) is 14.5 Å². The van der Waals surface area contributed by atoms with Gasteiger partial charge in [0, 0.05) is 38.1 Å². The van der Waals surface area contributed by atoms with Crippen LogP contribution < -0.4 is 5.32 Å². The van der Waals surface area contributed by atoms with Crippen molar-refractivity contribution in [3.05, 3.63) is 35.4 Å². The van der Waals surface area contributed by atoms with E-state index in [1.165, 1.54) is 5.56 Å². The Hall–Kier alpha value is -1.92. The van der Waals surface area contributed by atoms with Crippen molar-refractivity contribution in [2.75, 3.05) is 19.6 Å². The van der Waals surface area contributed by atoms with Gasteiger partial charge in [0.1, 0.15) is 6.04 Å². The highest BCUT2D eigenvalue weighted by molar-refractivity contribution is 5.90. The van der Waals surface area contributed by atoms with Gasteiger partial charge in [0.15, 0.2) is 0 Å². The molecule has 1 aromatic carbocycles. The average Bonchev–Trinajstić information content (AvgIpc) is 3.17. The molecule has 29 heavy (non-hydrogen) atoms. The third-order valence-electron chi connectivity index (χ3n) is 5.91. The highest BCUT2D eigenvalue weighted by Crippen LogP contribution is 2.25. The maximum Gasteiger partial charge on any atom is 0.243 e. The lowest BCUT2D eigenvalue weighted by atomic mass is 9.94. The number of carbonyl (C=O) groups excluding carboxylic acids is 2. The first kappa shape index (κ1) is 21.8. The van der Waals surface area contributed by atoms with Gasteiger partial charge in [0.25, 0.3) is 0 Å². The molecule has 0 saturated carbocycles. The van der Waals surface area contributed by atoms with Gasteiger partial charge >= 0.3 is 0 Å². The summed E-state index contributed by atoms with van der Waals surface area (Å²) in [5.41, 5.74) is 1.84. The minimum absolute atomic E-state index is 0.0461. The average molecular weight is 402 g/mol. The molecule has 2 aliphatic rings. The lowest BCUT2D eigenvalue weighted by Crippen LogP contribution is -2.49. The molecule has 1 atom stereocenters. The second-order valence-electron chi connectivity index (χ2n) is 9.45. The van der Waals surface area contributed by atoms with Crippen LogP contribution in [-0.4, -0.2) is 58.5 Å². The molecule has 2 amide bonds. The van der Waals surface area contributed by atoms with Crippen LogP contribution in [-0.2, 0) is 22.7 Å². The van der Waals surface area contributed by atoms with Crippen LogP contribution in [0.1, 0.15) is 57.6 Å². The summed E-state index contributed by atoms with van der Waals surface area (Å²) in [6.07, 6.45) is 3.16. The van der Waals surface area contributed by atoms with Crippen LogP contribution in [0.3, 0.4) is 0 Å². The Morgan fingerprint density at radius 3 is 2.28 bits per heavy atom. The largest absolute Gasteiger partial charge is 0.393 e. The molecule has 6 heteroatoms. The van der Waals surface area contributed by atoms with E-state index in [2.05, 4.69) is 34.5 Å². The van der Waals surface area contributed by atoms with Crippen molar-refractivity contribution in [3.8, 4) is 0 Å². The van der Waals surface area contributed by atoms with Crippen molar-refractivity contribution in [1.82, 2.24) is 15.1 Å². The smallest absolute Gasteiger partial charge is 0.243 e. The lowest BCUT2D eigenvalue weighted by molar-refractivity contribution is -0.144. The van der Waals surface area contributed by atoms with E-state index in [9.17, 15) is 14.7 Å². The number of hydrogen-bond donors (Lipinski definition) is 2. The minimum Gasteiger partial charge on any atom is -0.393 e. The summed E-state index contributed by atoms with van der Waals surface area (Å²) in [6, 6.07) is 7.98. The fourth-order valence-corrected chi connectivity index (χ4v) is 4.12. The highest BCUT2D eigenvalue weighted by Gasteiger charge is 2.38. The van der Waals surface area contributed by atoms with Gasteiger partial charge in [-0.2, -0.15) is 0 Å². The topological polar surface area (TPSA) is 72.9 Å². The Morgan fingerprint density at radius 1 is 1.03 bits per heavy atom. The van der Waals surface area contributed by atoms with Gasteiger partial charge in [0.05, 0.1) is 6.10 Å². The molecule has 3 rings (SSSR count). The van der Waals surface area contributed by atoms with Gasteiger partial charge in [0.2, 0.25) is 11.8 Å². The normalized spacial score (nSPS) is 21.4. The molecule has 2 fully saturated rings. The maximum absolute atomic E-state index is 12.7. The van der Waals surface area contributed by atoms with Crippen LogP contribution in [0.25, 0.3) is 0 Å². The Morgan fingerprint density at radius 2 is 1.66 bits per heavy atom. The quantitative estimate of drug-likeness (QED) is 0.794. The molecule has 0 bridgehead atoms. The van der Waals surface area contributed by atoms with Crippen LogP contribution in [0, 0.1) is 5.41 Å². The Labute approximate surface area is 174 Å². The predicted molar refractivity (Wildman–Crippen MR) is 113 cm³/mol. The number of piperidine rings is 1. The number of aliphatic hydroxyl groups is 1. The number of rotatable bonds is 5. The summed E-state index contributed by atoms with van der Waals surface area (Å²) in [5, 5.41) is 12.6. The van der Waals surface area contributed by atoms with Crippen molar-refractivity contribution in [2.45, 2.75) is 71.7 Å². The van der Waals surface area contributed by atoms with E-state index < -0.39 is 5.41 Å². The van der Waals surface area contributed by atoms with E-state index in [0.29, 0.717) is 13.1 Å². The molecule has 1 aromatic rings. The number of aliphatic hydroxyl groups excluding tert-OH is 1. The molecule has 0 radical (unpaired) electrons. The maximum atomic E-state index is 12.7. The summed E-state index contributed by atoms with van der Waals surface area (Å²) in [4.78, 5) is 29.4. The van der Waals surface area contributed by atoms with Crippen molar-refractivity contribution in [1.29, 1.82) is 0 Å². The van der Waals surface area contributed by atoms with Crippen molar-refractivity contribution >= 4 is 11.8 Å². The molecule has 160 valence electrons. The van der Waals surface area contributed by atoms with E-state index in [0.717, 1.165) is 50.9 Å². The zero-order valence-electron chi connectivity index (χ0n) is 18.0. The number of carbonyl (C=O) groups is 2. The van der Waals surface area contributed by atoms with Crippen LogP contribution in [0.15, 0.2) is 24.3 Å². The molecule has 0 aromatic heterocycles. The molecular formula is C23H35N3O3. The third kappa shape index (κ3) is 5.80. The molecular weight excluding hydrogens is 366 g/mol. The van der Waals surface area contributed by atoms with Gasteiger partial charge in [-0.1, -0.05) is 45.0 Å². The minimum atomic E-state index is -0.467. The molecule has 2 N–H and O–H groups in total. The predicted octanol–water partition coefficient (Wildman–Crippen LogP) is 2.30. The van der Waals surface area contributed by atoms with Crippen molar-refractivity contribution < 1.29 is 14.7 Å². The van der Waals surface area contributed by atoms with E-state index in [-0.39, 0.29) is 24.0 Å². The highest BCUT2D eigenvalue weighted by atomic mass is 16.3. The van der Waals surface area contributed by atoms with Crippen LogP contribution >= 0.6 is 0 Å². The first-order valence-corrected chi connectivity index (χ1v) is 10.8. The monoisotopic (exact) mass is 401 g/mol. The van der Waals surface area contributed by atoms with Crippen molar-refractivity contribution in [3.63, 3.8) is 0 Å². The van der Waals surface area contributed by atoms with Gasteiger partial charge in [-0.15, -0.1) is 0 Å². The van der Waals surface area contributed by atoms with E-state index in [1.54, 1.807) is 4.90 Å². The third-order valence-corrected chi connectivity index (χ3v) is 5.91. The molecule has 6 nitrogen and oxygen atoms in total. The Bertz CT molecular complexity index is 703. The molecule has 2 aliphatic heterocycles. The Kier molecular flexibility index (Phi) is 6.96. The van der Waals surface area contributed by atoms with Gasteiger partial charge in [-0.05, 0) is 36.8 Å². The van der Waals surface area contributed by atoms with E-state index >= 15 is 0 Å². The molecule has 0 aliphatic carbocycles. The summed E-state index contributed by atoms with van der Waals surface area (Å²) >= 11 is 0. The van der Waals surface area contributed by atoms with Crippen LogP contribution in [0.5, 0.6) is 0 Å². The van der Waals surface area contributed by atoms with Gasteiger partial charge in [-0.25, -0.2) is 0 Å². The van der Waals surface area contributed by atoms with Crippen LogP contribution in [0.2, 0.25) is 0 Å². The second kappa shape index (κ2) is 9.26. The summed E-state index contributed by atoms with van der Waals surface area (Å²) in [7, 11) is 0. The van der Waals surface area contributed by atoms with Gasteiger partial charge < -0.3 is 15.3 Å². The first-order chi connectivity index (χ1) is 13.7. The first-order valence-electron chi connectivity index (χ1n) is 10.8. The fourth-order valence-electron chi connectivity index (χ4n) is 4.12.